The summed E-state index contributed by atoms with van der Waals surface area (Å²) in [5.74, 6) is 0.704. The van der Waals surface area contributed by atoms with E-state index in [9.17, 15) is 4.79 Å². The number of primary amides is 1. The molecule has 22 heavy (non-hydrogen) atoms. The molecule has 0 aliphatic heterocycles. The number of nitrogens with two attached hydrogens (primary N) is 1. The van der Waals surface area contributed by atoms with Gasteiger partial charge in [0, 0.05) is 5.02 Å². The van der Waals surface area contributed by atoms with E-state index in [4.69, 9.17) is 22.1 Å². The molecule has 0 atom stereocenters. The maximum absolute atomic E-state index is 10.5. The van der Waals surface area contributed by atoms with Gasteiger partial charge < -0.3 is 10.5 Å². The van der Waals surface area contributed by atoms with Crippen molar-refractivity contribution < 1.29 is 9.53 Å². The standard InChI is InChI=1S/C15H13BrClN3O2/c16-13-7-11(8-19-20-15(18)21)3-6-14(13)22-9-10-1-4-12(17)5-2-10/h1-8H,9H2,(H3,18,20,21)/b19-8-. The molecule has 0 heterocycles. The molecule has 3 N–H and O–H groups in total. The highest BCUT2D eigenvalue weighted by atomic mass is 79.9. The third kappa shape index (κ3) is 5.05. The van der Waals surface area contributed by atoms with E-state index in [1.54, 1.807) is 0 Å². The van der Waals surface area contributed by atoms with Crippen molar-refractivity contribution >= 4 is 39.8 Å². The minimum absolute atomic E-state index is 0.437. The number of nitrogens with one attached hydrogen (secondary N) is 1. The second kappa shape index (κ2) is 7.82. The number of carbonyl (C=O) groups excluding carboxylic acids is 1. The number of hydrogen-bond donors (Lipinski definition) is 2. The highest BCUT2D eigenvalue weighted by Crippen LogP contribution is 2.26. The van der Waals surface area contributed by atoms with Crippen LogP contribution in [0.4, 0.5) is 4.79 Å². The van der Waals surface area contributed by atoms with Gasteiger partial charge in [0.05, 0.1) is 10.7 Å². The number of hydrazone groups is 1. The molecule has 0 fully saturated rings. The van der Waals surface area contributed by atoms with Gasteiger partial charge in [-0.3, -0.25) is 0 Å². The quantitative estimate of drug-likeness (QED) is 0.611. The summed E-state index contributed by atoms with van der Waals surface area (Å²) in [7, 11) is 0. The first-order valence-electron chi connectivity index (χ1n) is 6.30. The molecule has 0 saturated heterocycles. The molecule has 2 aromatic carbocycles. The van der Waals surface area contributed by atoms with Gasteiger partial charge in [-0.15, -0.1) is 0 Å². The molecule has 0 saturated carbocycles. The summed E-state index contributed by atoms with van der Waals surface area (Å²) >= 11 is 9.27. The van der Waals surface area contributed by atoms with Crippen LogP contribution in [0.1, 0.15) is 11.1 Å². The lowest BCUT2D eigenvalue weighted by molar-refractivity contribution is 0.249. The molecule has 5 nitrogen and oxygen atoms in total. The fraction of sp³-hybridized carbons (Fsp3) is 0.0667. The minimum Gasteiger partial charge on any atom is -0.488 e. The van der Waals surface area contributed by atoms with Crippen molar-refractivity contribution in [3.63, 3.8) is 0 Å². The average molecular weight is 383 g/mol. The van der Waals surface area contributed by atoms with E-state index >= 15 is 0 Å². The van der Waals surface area contributed by atoms with Gasteiger partial charge in [0.1, 0.15) is 12.4 Å². The molecule has 7 heteroatoms. The molecule has 2 rings (SSSR count). The zero-order valence-electron chi connectivity index (χ0n) is 11.4. The van der Waals surface area contributed by atoms with Crippen LogP contribution in [-0.2, 0) is 6.61 Å². The highest BCUT2D eigenvalue weighted by Gasteiger charge is 2.03. The molecule has 0 spiro atoms. The molecule has 2 aromatic rings. The summed E-state index contributed by atoms with van der Waals surface area (Å²) in [5, 5.41) is 4.38. The van der Waals surface area contributed by atoms with Crippen LogP contribution in [0.5, 0.6) is 5.75 Å². The Labute approximate surface area is 141 Å². The lowest BCUT2D eigenvalue weighted by atomic mass is 10.2. The van der Waals surface area contributed by atoms with E-state index in [1.807, 2.05) is 42.5 Å². The SMILES string of the molecule is NC(=O)N/N=C\c1ccc(OCc2ccc(Cl)cc2)c(Br)c1. The third-order valence-corrected chi connectivity index (χ3v) is 3.52. The van der Waals surface area contributed by atoms with Crippen molar-refractivity contribution in [1.29, 1.82) is 0 Å². The maximum Gasteiger partial charge on any atom is 0.332 e. The molecule has 0 aliphatic rings. The number of halogens is 2. The molecule has 114 valence electrons. The van der Waals surface area contributed by atoms with Crippen LogP contribution in [0.15, 0.2) is 52.0 Å². The molecular formula is C15H13BrClN3O2. The number of nitrogens with zero attached hydrogens (tertiary/aromatic N) is 1. The van der Waals surface area contributed by atoms with Gasteiger partial charge >= 0.3 is 6.03 Å². The first-order chi connectivity index (χ1) is 10.5. The molecular weight excluding hydrogens is 370 g/mol. The van der Waals surface area contributed by atoms with Crippen LogP contribution in [0.25, 0.3) is 0 Å². The Hall–Kier alpha value is -2.05. The van der Waals surface area contributed by atoms with E-state index < -0.39 is 6.03 Å². The van der Waals surface area contributed by atoms with Crippen molar-refractivity contribution in [2.45, 2.75) is 6.61 Å². The van der Waals surface area contributed by atoms with E-state index in [0.717, 1.165) is 15.6 Å². The topological polar surface area (TPSA) is 76.7 Å². The van der Waals surface area contributed by atoms with Gasteiger partial charge in [-0.05, 0) is 57.4 Å². The predicted octanol–water partition coefficient (Wildman–Crippen LogP) is 3.68. The van der Waals surface area contributed by atoms with Crippen LogP contribution in [0.2, 0.25) is 5.02 Å². The van der Waals surface area contributed by atoms with Crippen LogP contribution >= 0.6 is 27.5 Å². The van der Waals surface area contributed by atoms with E-state index in [0.29, 0.717) is 17.4 Å². The van der Waals surface area contributed by atoms with Crippen molar-refractivity contribution in [1.82, 2.24) is 5.43 Å². The van der Waals surface area contributed by atoms with Gasteiger partial charge in [0.15, 0.2) is 0 Å². The maximum atomic E-state index is 10.5. The summed E-state index contributed by atoms with van der Waals surface area (Å²) in [6.45, 7) is 0.437. The second-order valence-corrected chi connectivity index (χ2v) is 5.63. The lowest BCUT2D eigenvalue weighted by Gasteiger charge is -2.09. The number of ether oxygens (including phenoxy) is 1. The lowest BCUT2D eigenvalue weighted by Crippen LogP contribution is -2.24. The number of carbonyl (C=O) groups is 1. The summed E-state index contributed by atoms with van der Waals surface area (Å²) in [5.41, 5.74) is 8.86. The fourth-order valence-corrected chi connectivity index (χ4v) is 2.26. The number of rotatable bonds is 5. The third-order valence-electron chi connectivity index (χ3n) is 2.65. The van der Waals surface area contributed by atoms with Crippen molar-refractivity contribution in [2.75, 3.05) is 0 Å². The fourth-order valence-electron chi connectivity index (χ4n) is 1.63. The Balaban J connectivity index is 1.98. The van der Waals surface area contributed by atoms with Gasteiger partial charge in [0.25, 0.3) is 0 Å². The smallest absolute Gasteiger partial charge is 0.332 e. The number of benzene rings is 2. The van der Waals surface area contributed by atoms with Crippen LogP contribution in [0.3, 0.4) is 0 Å². The normalized spacial score (nSPS) is 10.6. The van der Waals surface area contributed by atoms with E-state index in [1.165, 1.54) is 6.21 Å². The zero-order valence-corrected chi connectivity index (χ0v) is 13.8. The van der Waals surface area contributed by atoms with Gasteiger partial charge in [0.2, 0.25) is 0 Å². The first-order valence-corrected chi connectivity index (χ1v) is 7.47. The Kier molecular flexibility index (Phi) is 5.80. The second-order valence-electron chi connectivity index (χ2n) is 4.34. The number of amides is 2. The monoisotopic (exact) mass is 381 g/mol. The Morgan fingerprint density at radius 2 is 2.05 bits per heavy atom. The summed E-state index contributed by atoms with van der Waals surface area (Å²) in [6.07, 6.45) is 1.48. The van der Waals surface area contributed by atoms with Gasteiger partial charge in [-0.2, -0.15) is 5.10 Å². The van der Waals surface area contributed by atoms with Crippen LogP contribution in [-0.4, -0.2) is 12.2 Å². The largest absolute Gasteiger partial charge is 0.488 e. The Morgan fingerprint density at radius 3 is 2.68 bits per heavy atom. The van der Waals surface area contributed by atoms with E-state index in [-0.39, 0.29) is 0 Å². The molecule has 0 unspecified atom stereocenters. The van der Waals surface area contributed by atoms with Crippen LogP contribution < -0.4 is 15.9 Å². The molecule has 0 aromatic heterocycles. The summed E-state index contributed by atoms with van der Waals surface area (Å²) in [4.78, 5) is 10.5. The number of urea groups is 1. The summed E-state index contributed by atoms with van der Waals surface area (Å²) in [6, 6.07) is 12.2. The summed E-state index contributed by atoms with van der Waals surface area (Å²) < 4.78 is 6.52. The molecule has 2 amide bonds. The highest BCUT2D eigenvalue weighted by molar-refractivity contribution is 9.10. The Bertz CT molecular complexity index is 690. The molecule has 0 bridgehead atoms. The molecule has 0 aliphatic carbocycles. The van der Waals surface area contributed by atoms with Crippen molar-refractivity contribution in [3.05, 3.63) is 63.1 Å². The molecule has 0 radical (unpaired) electrons. The van der Waals surface area contributed by atoms with Gasteiger partial charge in [-0.25, -0.2) is 10.2 Å². The zero-order chi connectivity index (χ0) is 15.9. The Morgan fingerprint density at radius 1 is 1.32 bits per heavy atom. The van der Waals surface area contributed by atoms with Crippen LogP contribution in [0, 0.1) is 0 Å². The predicted molar refractivity (Wildman–Crippen MR) is 90.2 cm³/mol. The first kappa shape index (κ1) is 16.3. The van der Waals surface area contributed by atoms with E-state index in [2.05, 4.69) is 26.5 Å². The average Bonchev–Trinajstić information content (AvgIpc) is 2.48. The number of hydrogen-bond acceptors (Lipinski definition) is 3. The van der Waals surface area contributed by atoms with Crippen molar-refractivity contribution in [3.8, 4) is 5.75 Å². The van der Waals surface area contributed by atoms with Gasteiger partial charge in [-0.1, -0.05) is 23.7 Å². The van der Waals surface area contributed by atoms with Crippen molar-refractivity contribution in [2.24, 2.45) is 10.8 Å². The minimum atomic E-state index is -0.710.